The third kappa shape index (κ3) is 2.42. The van der Waals surface area contributed by atoms with E-state index in [4.69, 9.17) is 0 Å². The van der Waals surface area contributed by atoms with Crippen molar-refractivity contribution in [2.45, 2.75) is 20.8 Å². The lowest BCUT2D eigenvalue weighted by Crippen LogP contribution is -2.12. The minimum atomic E-state index is -0.219. The van der Waals surface area contributed by atoms with Crippen LogP contribution in [0.25, 0.3) is 10.2 Å². The summed E-state index contributed by atoms with van der Waals surface area (Å²) < 4.78 is 0. The van der Waals surface area contributed by atoms with Gasteiger partial charge in [-0.05, 0) is 49.6 Å². The number of aryl methyl sites for hydroxylation is 3. The highest BCUT2D eigenvalue weighted by Crippen LogP contribution is 2.27. The molecule has 5 nitrogen and oxygen atoms in total. The van der Waals surface area contributed by atoms with E-state index in [0.29, 0.717) is 20.7 Å². The Balaban J connectivity index is 1.99. The maximum absolute atomic E-state index is 12.5. The Kier molecular flexibility index (Phi) is 3.54. The third-order valence-electron chi connectivity index (χ3n) is 3.70. The molecule has 0 radical (unpaired) electrons. The van der Waals surface area contributed by atoms with E-state index >= 15 is 0 Å². The highest BCUT2D eigenvalue weighted by molar-refractivity contribution is 7.20. The highest BCUT2D eigenvalue weighted by atomic mass is 32.1. The van der Waals surface area contributed by atoms with E-state index in [0.717, 1.165) is 11.3 Å². The van der Waals surface area contributed by atoms with Gasteiger partial charge >= 0.3 is 0 Å². The summed E-state index contributed by atoms with van der Waals surface area (Å²) in [5.41, 5.74) is 3.47. The molecule has 0 unspecified atom stereocenters. The molecule has 2 heterocycles. The number of amides is 1. The first kappa shape index (κ1) is 14.5. The third-order valence-corrected chi connectivity index (χ3v) is 4.90. The molecule has 112 valence electrons. The van der Waals surface area contributed by atoms with Crippen molar-refractivity contribution in [3.05, 3.63) is 56.4 Å². The average molecular weight is 313 g/mol. The Bertz CT molecular complexity index is 940. The lowest BCUT2D eigenvalue weighted by Gasteiger charge is -2.07. The summed E-state index contributed by atoms with van der Waals surface area (Å²) in [6.45, 7) is 5.79. The van der Waals surface area contributed by atoms with Crippen LogP contribution in [0.15, 0.2) is 29.3 Å². The molecular weight excluding hydrogens is 298 g/mol. The maximum Gasteiger partial charge on any atom is 0.266 e. The number of H-pyrrole nitrogens is 1. The summed E-state index contributed by atoms with van der Waals surface area (Å²) in [6, 6.07) is 5.77. The molecule has 0 fully saturated rings. The fraction of sp³-hybridized carbons (Fsp3) is 0.188. The predicted molar refractivity (Wildman–Crippen MR) is 88.8 cm³/mol. The summed E-state index contributed by atoms with van der Waals surface area (Å²) in [5.74, 6) is -0.219. The molecule has 3 aromatic rings. The quantitative estimate of drug-likeness (QED) is 0.763. The van der Waals surface area contributed by atoms with Gasteiger partial charge in [-0.25, -0.2) is 4.98 Å². The van der Waals surface area contributed by atoms with Crippen LogP contribution in [0.1, 0.15) is 26.4 Å². The summed E-state index contributed by atoms with van der Waals surface area (Å²) in [6.07, 6.45) is 1.35. The van der Waals surface area contributed by atoms with E-state index < -0.39 is 0 Å². The van der Waals surface area contributed by atoms with Crippen molar-refractivity contribution in [2.24, 2.45) is 0 Å². The summed E-state index contributed by atoms with van der Waals surface area (Å²) in [7, 11) is 0. The second kappa shape index (κ2) is 5.38. The molecule has 3 rings (SSSR count). The van der Waals surface area contributed by atoms with E-state index in [1.807, 2.05) is 32.0 Å². The van der Waals surface area contributed by atoms with E-state index in [2.05, 4.69) is 15.3 Å². The van der Waals surface area contributed by atoms with E-state index in [9.17, 15) is 9.59 Å². The van der Waals surface area contributed by atoms with Crippen LogP contribution in [-0.2, 0) is 0 Å². The molecule has 1 amide bonds. The number of thiophene rings is 1. The lowest BCUT2D eigenvalue weighted by molar-refractivity contribution is 0.103. The number of nitrogens with one attached hydrogen (secondary N) is 2. The van der Waals surface area contributed by atoms with Gasteiger partial charge in [-0.15, -0.1) is 11.3 Å². The van der Waals surface area contributed by atoms with Crippen molar-refractivity contribution in [2.75, 3.05) is 5.32 Å². The second-order valence-electron chi connectivity index (χ2n) is 5.22. The van der Waals surface area contributed by atoms with Crippen LogP contribution in [0.4, 0.5) is 5.69 Å². The summed E-state index contributed by atoms with van der Waals surface area (Å²) in [4.78, 5) is 32.1. The minimum absolute atomic E-state index is 0.219. The van der Waals surface area contributed by atoms with E-state index in [1.165, 1.54) is 23.2 Å². The van der Waals surface area contributed by atoms with Crippen LogP contribution in [0.5, 0.6) is 0 Å². The Morgan fingerprint density at radius 1 is 1.23 bits per heavy atom. The molecule has 0 bridgehead atoms. The van der Waals surface area contributed by atoms with Crippen LogP contribution in [0, 0.1) is 20.8 Å². The first-order valence-electron chi connectivity index (χ1n) is 6.83. The van der Waals surface area contributed by atoms with Crippen molar-refractivity contribution in [3.8, 4) is 0 Å². The Morgan fingerprint density at radius 2 is 2.00 bits per heavy atom. The molecule has 2 aromatic heterocycles. The normalized spacial score (nSPS) is 10.9. The number of anilines is 1. The van der Waals surface area contributed by atoms with Gasteiger partial charge in [0.05, 0.1) is 16.6 Å². The van der Waals surface area contributed by atoms with Gasteiger partial charge in [0, 0.05) is 5.69 Å². The van der Waals surface area contributed by atoms with Crippen molar-refractivity contribution >= 4 is 33.1 Å². The van der Waals surface area contributed by atoms with Gasteiger partial charge in [0.25, 0.3) is 11.5 Å². The van der Waals surface area contributed by atoms with Crippen molar-refractivity contribution in [1.29, 1.82) is 0 Å². The Morgan fingerprint density at radius 3 is 2.68 bits per heavy atom. The molecule has 0 saturated carbocycles. The number of carbonyl (C=O) groups is 1. The van der Waals surface area contributed by atoms with Gasteiger partial charge in [-0.2, -0.15) is 0 Å². The van der Waals surface area contributed by atoms with E-state index in [-0.39, 0.29) is 11.5 Å². The van der Waals surface area contributed by atoms with E-state index in [1.54, 1.807) is 6.92 Å². The standard InChI is InChI=1S/C16H15N3O2S/c1-8-4-5-11(6-9(8)2)19-15(21)13-10(3)12-14(20)17-7-18-16(12)22-13/h4-7H,1-3H3,(H,19,21)(H,17,18,20). The number of rotatable bonds is 2. The number of carbonyl (C=O) groups excluding carboxylic acids is 1. The molecule has 6 heteroatoms. The fourth-order valence-corrected chi connectivity index (χ4v) is 3.35. The molecule has 22 heavy (non-hydrogen) atoms. The topological polar surface area (TPSA) is 74.8 Å². The Hall–Kier alpha value is -2.47. The number of hydrogen-bond acceptors (Lipinski definition) is 4. The smallest absolute Gasteiger partial charge is 0.266 e. The van der Waals surface area contributed by atoms with Crippen LogP contribution in [-0.4, -0.2) is 15.9 Å². The first-order chi connectivity index (χ1) is 10.5. The van der Waals surface area contributed by atoms with Gasteiger partial charge < -0.3 is 10.3 Å². The van der Waals surface area contributed by atoms with Gasteiger partial charge in [0.2, 0.25) is 0 Å². The minimum Gasteiger partial charge on any atom is -0.321 e. The van der Waals surface area contributed by atoms with Gasteiger partial charge in [0.1, 0.15) is 4.83 Å². The summed E-state index contributed by atoms with van der Waals surface area (Å²) >= 11 is 1.23. The first-order valence-corrected chi connectivity index (χ1v) is 7.64. The molecule has 0 saturated heterocycles. The number of aromatic nitrogens is 2. The number of benzene rings is 1. The van der Waals surface area contributed by atoms with Crippen molar-refractivity contribution in [3.63, 3.8) is 0 Å². The van der Waals surface area contributed by atoms with Gasteiger partial charge in [0.15, 0.2) is 0 Å². The fourth-order valence-electron chi connectivity index (χ4n) is 2.30. The molecule has 1 aromatic carbocycles. The molecule has 0 atom stereocenters. The average Bonchev–Trinajstić information content (AvgIpc) is 2.81. The second-order valence-corrected chi connectivity index (χ2v) is 6.22. The zero-order valence-electron chi connectivity index (χ0n) is 12.5. The van der Waals surface area contributed by atoms with Gasteiger partial charge in [-0.3, -0.25) is 9.59 Å². The van der Waals surface area contributed by atoms with Gasteiger partial charge in [-0.1, -0.05) is 6.07 Å². The monoisotopic (exact) mass is 313 g/mol. The molecule has 0 aliphatic carbocycles. The number of nitrogens with zero attached hydrogens (tertiary/aromatic N) is 1. The SMILES string of the molecule is Cc1ccc(NC(=O)c2sc3nc[nH]c(=O)c3c2C)cc1C. The molecule has 0 aliphatic rings. The molecule has 0 spiro atoms. The lowest BCUT2D eigenvalue weighted by atomic mass is 10.1. The van der Waals surface area contributed by atoms with Crippen LogP contribution < -0.4 is 10.9 Å². The predicted octanol–water partition coefficient (Wildman–Crippen LogP) is 3.16. The van der Waals surface area contributed by atoms with Crippen LogP contribution >= 0.6 is 11.3 Å². The summed E-state index contributed by atoms with van der Waals surface area (Å²) in [5, 5.41) is 3.36. The number of aromatic amines is 1. The van der Waals surface area contributed by atoms with Crippen molar-refractivity contribution < 1.29 is 4.79 Å². The number of fused-ring (bicyclic) bond motifs is 1. The van der Waals surface area contributed by atoms with Crippen molar-refractivity contribution in [1.82, 2.24) is 9.97 Å². The zero-order valence-corrected chi connectivity index (χ0v) is 13.3. The maximum atomic E-state index is 12.5. The highest BCUT2D eigenvalue weighted by Gasteiger charge is 2.18. The Labute approximate surface area is 131 Å². The van der Waals surface area contributed by atoms with Crippen LogP contribution in [0.3, 0.4) is 0 Å². The zero-order chi connectivity index (χ0) is 15.9. The molecule has 2 N–H and O–H groups in total. The molecular formula is C16H15N3O2S. The number of hydrogen-bond donors (Lipinski definition) is 2. The van der Waals surface area contributed by atoms with Crippen LogP contribution in [0.2, 0.25) is 0 Å². The largest absolute Gasteiger partial charge is 0.321 e. The molecule has 0 aliphatic heterocycles.